The molecule has 5 saturated carbocycles. The number of likely N-dealkylation sites (tertiary alicyclic amines) is 1. The van der Waals surface area contributed by atoms with Gasteiger partial charge in [0.15, 0.2) is 0 Å². The predicted molar refractivity (Wildman–Crippen MR) is 108 cm³/mol. The van der Waals surface area contributed by atoms with Crippen LogP contribution in [0.25, 0.3) is 0 Å². The Balaban J connectivity index is 1.63. The normalized spacial score (nSPS) is 63.3. The number of ether oxygens (including phenoxy) is 3. The van der Waals surface area contributed by atoms with Crippen molar-refractivity contribution in [1.82, 2.24) is 4.90 Å². The second-order valence-electron chi connectivity index (χ2n) is 11.1. The molecule has 0 aromatic rings. The molecule has 12 atom stereocenters. The van der Waals surface area contributed by atoms with E-state index in [2.05, 4.69) is 11.8 Å². The van der Waals surface area contributed by atoms with Gasteiger partial charge in [-0.25, -0.2) is 0 Å². The molecule has 7 heteroatoms. The van der Waals surface area contributed by atoms with Crippen molar-refractivity contribution in [1.29, 1.82) is 0 Å². The smallest absolute Gasteiger partial charge is 0.124 e. The van der Waals surface area contributed by atoms with Crippen molar-refractivity contribution < 1.29 is 29.5 Å². The highest BCUT2D eigenvalue weighted by Gasteiger charge is 2.88. The van der Waals surface area contributed by atoms with Crippen LogP contribution in [0.5, 0.6) is 0 Å². The van der Waals surface area contributed by atoms with Crippen molar-refractivity contribution in [3.63, 3.8) is 0 Å². The van der Waals surface area contributed by atoms with E-state index in [9.17, 15) is 15.3 Å². The lowest BCUT2D eigenvalue weighted by molar-refractivity contribution is -0.338. The fourth-order valence-electron chi connectivity index (χ4n) is 10.3. The molecule has 7 bridgehead atoms. The quantitative estimate of drug-likeness (QED) is 0.603. The summed E-state index contributed by atoms with van der Waals surface area (Å²) >= 11 is 0. The largest absolute Gasteiger partial charge is 0.388 e. The summed E-state index contributed by atoms with van der Waals surface area (Å²) in [5.74, 6) is -0.262. The van der Waals surface area contributed by atoms with Gasteiger partial charge in [-0.3, -0.25) is 4.90 Å². The number of likely N-dealkylation sites (N-methyl/N-ethyl adjacent to an activating group) is 1. The topological polar surface area (TPSA) is 91.6 Å². The van der Waals surface area contributed by atoms with Gasteiger partial charge in [-0.15, -0.1) is 0 Å². The molecular weight excluding hydrogens is 386 g/mol. The van der Waals surface area contributed by atoms with Crippen LogP contribution in [-0.2, 0) is 14.2 Å². The predicted octanol–water partition coefficient (Wildman–Crippen LogP) is 0.399. The van der Waals surface area contributed by atoms with Gasteiger partial charge in [-0.05, 0) is 38.1 Å². The van der Waals surface area contributed by atoms with Gasteiger partial charge in [0.05, 0.1) is 23.9 Å². The lowest BCUT2D eigenvalue weighted by Gasteiger charge is -2.70. The Hall–Kier alpha value is -0.280. The number of rotatable bonds is 4. The minimum Gasteiger partial charge on any atom is -0.388 e. The van der Waals surface area contributed by atoms with Gasteiger partial charge < -0.3 is 29.5 Å². The van der Waals surface area contributed by atoms with E-state index >= 15 is 0 Å². The van der Waals surface area contributed by atoms with E-state index in [1.807, 2.05) is 0 Å². The van der Waals surface area contributed by atoms with Crippen LogP contribution in [0.4, 0.5) is 0 Å². The van der Waals surface area contributed by atoms with E-state index in [1.54, 1.807) is 21.3 Å². The Bertz CT molecular complexity index is 751. The average molecular weight is 424 g/mol. The average Bonchev–Trinajstić information content (AvgIpc) is 3.16. The molecule has 0 aromatic heterocycles. The molecule has 1 aliphatic heterocycles. The first-order valence-electron chi connectivity index (χ1n) is 11.8. The van der Waals surface area contributed by atoms with E-state index in [-0.39, 0.29) is 47.3 Å². The van der Waals surface area contributed by atoms with Gasteiger partial charge in [0.2, 0.25) is 0 Å². The third kappa shape index (κ3) is 1.80. The first-order chi connectivity index (χ1) is 14.3. The zero-order valence-corrected chi connectivity index (χ0v) is 18.6. The molecular formula is C23H37NO6. The number of piperidine rings is 1. The zero-order chi connectivity index (χ0) is 21.3. The molecule has 30 heavy (non-hydrogen) atoms. The molecule has 0 unspecified atom stereocenters. The number of aliphatic hydroxyl groups is 3. The summed E-state index contributed by atoms with van der Waals surface area (Å²) in [5, 5.41) is 36.8. The standard InChI is InChI=1S/C23H37NO6/c1-5-24-11-20(25)7-6-17(29-3)22-15(20)9-13(18(22)24)21(26)10-14(28-2)12-8-16(22)23(21,27)19(12)30-4/h12-19,25-27H,5-11H2,1-4H3/t12-,13-,14-,15+,16-,17+,18+,19+,20+,21-,22+,23-/m0/s1. The Morgan fingerprint density at radius 1 is 1.00 bits per heavy atom. The second kappa shape index (κ2) is 5.99. The monoisotopic (exact) mass is 423 g/mol. The lowest BCUT2D eigenvalue weighted by atomic mass is 9.44. The number of β-amino-alcohol motifs (C(OH)–C–C–N with tert-alkyl or cyclic N) is 1. The van der Waals surface area contributed by atoms with Crippen LogP contribution in [0.15, 0.2) is 0 Å². The summed E-state index contributed by atoms with van der Waals surface area (Å²) < 4.78 is 18.0. The summed E-state index contributed by atoms with van der Waals surface area (Å²) in [7, 11) is 5.13. The molecule has 5 aliphatic carbocycles. The van der Waals surface area contributed by atoms with Crippen molar-refractivity contribution in [3.8, 4) is 0 Å². The number of hydrogen-bond acceptors (Lipinski definition) is 7. The molecule has 1 saturated heterocycles. The maximum Gasteiger partial charge on any atom is 0.124 e. The van der Waals surface area contributed by atoms with Crippen molar-refractivity contribution in [2.75, 3.05) is 34.4 Å². The van der Waals surface area contributed by atoms with Crippen LogP contribution < -0.4 is 0 Å². The van der Waals surface area contributed by atoms with Crippen LogP contribution in [0.1, 0.15) is 39.0 Å². The van der Waals surface area contributed by atoms with E-state index in [0.717, 1.165) is 32.2 Å². The summed E-state index contributed by atoms with van der Waals surface area (Å²) in [4.78, 5) is 2.40. The van der Waals surface area contributed by atoms with E-state index in [1.165, 1.54) is 0 Å². The third-order valence-corrected chi connectivity index (χ3v) is 10.9. The van der Waals surface area contributed by atoms with Crippen LogP contribution in [0.2, 0.25) is 0 Å². The first kappa shape index (κ1) is 20.3. The number of nitrogens with zero attached hydrogens (tertiary/aromatic N) is 1. The summed E-state index contributed by atoms with van der Waals surface area (Å²) in [5.41, 5.74) is -3.81. The zero-order valence-electron chi connectivity index (χ0n) is 18.6. The Morgan fingerprint density at radius 3 is 2.40 bits per heavy atom. The van der Waals surface area contributed by atoms with Crippen molar-refractivity contribution >= 4 is 0 Å². The SMILES string of the molecule is CCN1C[C@]2(O)CC[C@@H](OC)[C@]34[C@@H]2C[C@@H]([C@@H]13)[C@@]1(O)C[C@H](OC)[C@@H]2C[C@@H]4[C@]1(O)[C@@H]2OC. The molecule has 0 amide bonds. The molecule has 1 heterocycles. The number of methoxy groups -OCH3 is 3. The van der Waals surface area contributed by atoms with Gasteiger partial charge >= 0.3 is 0 Å². The maximum absolute atomic E-state index is 12.4. The highest BCUT2D eigenvalue weighted by atomic mass is 16.5. The molecule has 3 N–H and O–H groups in total. The van der Waals surface area contributed by atoms with Crippen LogP contribution in [0, 0.1) is 29.1 Å². The minimum atomic E-state index is -1.34. The number of fused-ring (bicyclic) bond motifs is 2. The maximum atomic E-state index is 12.4. The fraction of sp³-hybridized carbons (Fsp3) is 1.00. The van der Waals surface area contributed by atoms with Gasteiger partial charge in [0, 0.05) is 63.5 Å². The Labute approximate surface area is 178 Å². The second-order valence-corrected chi connectivity index (χ2v) is 11.1. The Morgan fingerprint density at radius 2 is 1.77 bits per heavy atom. The minimum absolute atomic E-state index is 0.0300. The molecule has 1 spiro atoms. The van der Waals surface area contributed by atoms with Gasteiger partial charge in [0.1, 0.15) is 11.2 Å². The van der Waals surface area contributed by atoms with Crippen molar-refractivity contribution in [3.05, 3.63) is 0 Å². The molecule has 6 aliphatic rings. The highest BCUT2D eigenvalue weighted by Crippen LogP contribution is 2.78. The fourth-order valence-corrected chi connectivity index (χ4v) is 10.3. The first-order valence-corrected chi connectivity index (χ1v) is 11.8. The van der Waals surface area contributed by atoms with Gasteiger partial charge in [-0.1, -0.05) is 6.92 Å². The van der Waals surface area contributed by atoms with Crippen LogP contribution in [-0.4, -0.2) is 95.8 Å². The molecule has 0 radical (unpaired) electrons. The molecule has 0 aromatic carbocycles. The van der Waals surface area contributed by atoms with Gasteiger partial charge in [0.25, 0.3) is 0 Å². The number of hydrogen-bond donors (Lipinski definition) is 3. The molecule has 170 valence electrons. The summed E-state index contributed by atoms with van der Waals surface area (Å²) in [6.45, 7) is 3.62. The van der Waals surface area contributed by atoms with Crippen molar-refractivity contribution in [2.24, 2.45) is 29.1 Å². The van der Waals surface area contributed by atoms with Crippen molar-refractivity contribution in [2.45, 2.75) is 80.2 Å². The van der Waals surface area contributed by atoms with Gasteiger partial charge in [-0.2, -0.15) is 0 Å². The summed E-state index contributed by atoms with van der Waals surface area (Å²) in [6, 6.07) is 0.0974. The molecule has 7 nitrogen and oxygen atoms in total. The van der Waals surface area contributed by atoms with E-state index in [0.29, 0.717) is 13.0 Å². The molecule has 6 fully saturated rings. The molecule has 6 rings (SSSR count). The van der Waals surface area contributed by atoms with E-state index in [4.69, 9.17) is 14.2 Å². The third-order valence-electron chi connectivity index (χ3n) is 10.9. The highest BCUT2D eigenvalue weighted by molar-refractivity contribution is 5.38. The summed E-state index contributed by atoms with van der Waals surface area (Å²) in [6.07, 6.45) is 2.77. The van der Waals surface area contributed by atoms with Crippen LogP contribution >= 0.6 is 0 Å². The lowest BCUT2D eigenvalue weighted by Crippen LogP contribution is -2.83. The van der Waals surface area contributed by atoms with E-state index < -0.39 is 22.9 Å². The Kier molecular flexibility index (Phi) is 4.06. The van der Waals surface area contributed by atoms with Crippen LogP contribution in [0.3, 0.4) is 0 Å².